The third-order valence-electron chi connectivity index (χ3n) is 5.07. The number of amides is 2. The lowest BCUT2D eigenvalue weighted by atomic mass is 9.85. The summed E-state index contributed by atoms with van der Waals surface area (Å²) in [4.78, 5) is 38.3. The van der Waals surface area contributed by atoms with Crippen molar-refractivity contribution in [3.05, 3.63) is 36.4 Å². The Bertz CT molecular complexity index is 681. The Balaban J connectivity index is 1.60. The first-order valence-corrected chi connectivity index (χ1v) is 9.45. The van der Waals surface area contributed by atoms with Gasteiger partial charge in [0, 0.05) is 6.42 Å². The maximum Gasteiger partial charge on any atom is 0.311 e. The predicted octanol–water partition coefficient (Wildman–Crippen LogP) is 4.02. The molecule has 1 aliphatic carbocycles. The van der Waals surface area contributed by atoms with Crippen molar-refractivity contribution in [2.45, 2.75) is 51.9 Å². The van der Waals surface area contributed by atoms with Crippen LogP contribution in [0.15, 0.2) is 36.4 Å². The first-order valence-electron chi connectivity index (χ1n) is 9.45. The lowest BCUT2D eigenvalue weighted by Gasteiger charge is -2.15. The van der Waals surface area contributed by atoms with Gasteiger partial charge in [-0.15, -0.1) is 0 Å². The zero-order valence-electron chi connectivity index (χ0n) is 15.1. The van der Waals surface area contributed by atoms with Gasteiger partial charge in [0.15, 0.2) is 0 Å². The molecule has 0 spiro atoms. The number of nitrogens with zero attached hydrogens (tertiary/aromatic N) is 1. The molecular weight excluding hydrogens is 330 g/mol. The van der Waals surface area contributed by atoms with Crippen molar-refractivity contribution < 1.29 is 19.1 Å². The van der Waals surface area contributed by atoms with Gasteiger partial charge in [0.1, 0.15) is 5.75 Å². The second-order valence-electron chi connectivity index (χ2n) is 6.95. The molecule has 0 aromatic heterocycles. The molecule has 1 aromatic rings. The van der Waals surface area contributed by atoms with Gasteiger partial charge >= 0.3 is 5.97 Å². The number of rotatable bonds is 7. The normalized spacial score (nSPS) is 21.8. The molecule has 5 heteroatoms. The van der Waals surface area contributed by atoms with E-state index in [0.717, 1.165) is 25.7 Å². The van der Waals surface area contributed by atoms with Crippen molar-refractivity contribution in [2.75, 3.05) is 4.90 Å². The molecule has 2 aliphatic rings. The Kier molecular flexibility index (Phi) is 5.86. The fourth-order valence-electron chi connectivity index (χ4n) is 3.60. The number of unbranched alkanes of at least 4 members (excludes halogenated alkanes) is 3. The number of carbonyl (C=O) groups is 3. The minimum absolute atomic E-state index is 0.134. The van der Waals surface area contributed by atoms with Crippen LogP contribution in [0.5, 0.6) is 5.75 Å². The Morgan fingerprint density at radius 2 is 1.62 bits per heavy atom. The van der Waals surface area contributed by atoms with Gasteiger partial charge < -0.3 is 4.74 Å². The molecule has 0 bridgehead atoms. The topological polar surface area (TPSA) is 63.7 Å². The van der Waals surface area contributed by atoms with Gasteiger partial charge in [-0.1, -0.05) is 38.3 Å². The van der Waals surface area contributed by atoms with Crippen LogP contribution in [-0.2, 0) is 14.4 Å². The molecular formula is C21H25NO4. The number of ether oxygens (including phenoxy) is 1. The van der Waals surface area contributed by atoms with E-state index < -0.39 is 0 Å². The Labute approximate surface area is 154 Å². The molecule has 5 nitrogen and oxygen atoms in total. The number of hydrogen-bond donors (Lipinski definition) is 0. The Morgan fingerprint density at radius 1 is 1.00 bits per heavy atom. The summed E-state index contributed by atoms with van der Waals surface area (Å²) in [5.41, 5.74) is 0.539. The van der Waals surface area contributed by atoms with Gasteiger partial charge in [0.2, 0.25) is 11.8 Å². The smallest absolute Gasteiger partial charge is 0.311 e. The maximum atomic E-state index is 12.6. The first kappa shape index (κ1) is 18.4. The summed E-state index contributed by atoms with van der Waals surface area (Å²) in [5, 5.41) is 0. The fraction of sp³-hybridized carbons (Fsp3) is 0.476. The number of benzene rings is 1. The summed E-state index contributed by atoms with van der Waals surface area (Å²) >= 11 is 0. The number of carbonyl (C=O) groups excluding carboxylic acids is 3. The van der Waals surface area contributed by atoms with Crippen LogP contribution in [-0.4, -0.2) is 17.8 Å². The molecule has 2 unspecified atom stereocenters. The molecule has 0 N–H and O–H groups in total. The third-order valence-corrected chi connectivity index (χ3v) is 5.07. The number of hydrogen-bond acceptors (Lipinski definition) is 4. The minimum Gasteiger partial charge on any atom is -0.427 e. The molecule has 1 heterocycles. The van der Waals surface area contributed by atoms with Crippen molar-refractivity contribution in [2.24, 2.45) is 11.8 Å². The Hall–Kier alpha value is -2.43. The summed E-state index contributed by atoms with van der Waals surface area (Å²) in [6, 6.07) is 6.61. The van der Waals surface area contributed by atoms with E-state index in [9.17, 15) is 14.4 Å². The lowest BCUT2D eigenvalue weighted by molar-refractivity contribution is -0.134. The summed E-state index contributed by atoms with van der Waals surface area (Å²) in [7, 11) is 0. The first-order chi connectivity index (χ1) is 12.6. The van der Waals surface area contributed by atoms with Crippen LogP contribution in [0.25, 0.3) is 0 Å². The van der Waals surface area contributed by atoms with E-state index in [4.69, 9.17) is 4.74 Å². The van der Waals surface area contributed by atoms with Gasteiger partial charge in [0.05, 0.1) is 17.5 Å². The maximum absolute atomic E-state index is 12.6. The van der Waals surface area contributed by atoms with Gasteiger partial charge in [-0.3, -0.25) is 19.3 Å². The van der Waals surface area contributed by atoms with Gasteiger partial charge in [-0.2, -0.15) is 0 Å². The molecule has 1 saturated heterocycles. The van der Waals surface area contributed by atoms with Crippen molar-refractivity contribution in [1.82, 2.24) is 0 Å². The van der Waals surface area contributed by atoms with Gasteiger partial charge in [0.25, 0.3) is 0 Å². The number of allylic oxidation sites excluding steroid dienone is 2. The lowest BCUT2D eigenvalue weighted by Crippen LogP contribution is -2.30. The SMILES string of the molecule is CCCCCCC(=O)Oc1ccc(N2C(=O)C3CC=CCC3C2=O)cc1. The quantitative estimate of drug-likeness (QED) is 0.244. The monoisotopic (exact) mass is 355 g/mol. The molecule has 138 valence electrons. The van der Waals surface area contributed by atoms with E-state index in [-0.39, 0.29) is 29.6 Å². The Morgan fingerprint density at radius 3 is 2.19 bits per heavy atom. The number of fused-ring (bicyclic) bond motifs is 1. The molecule has 2 atom stereocenters. The fourth-order valence-corrected chi connectivity index (χ4v) is 3.60. The highest BCUT2D eigenvalue weighted by Crippen LogP contribution is 2.37. The van der Waals surface area contributed by atoms with Crippen LogP contribution in [0, 0.1) is 11.8 Å². The van der Waals surface area contributed by atoms with E-state index in [2.05, 4.69) is 6.92 Å². The summed E-state index contributed by atoms with van der Waals surface area (Å²) in [5.74, 6) is -0.567. The average molecular weight is 355 g/mol. The predicted molar refractivity (Wildman–Crippen MR) is 98.7 cm³/mol. The van der Waals surface area contributed by atoms with Crippen molar-refractivity contribution in [3.8, 4) is 5.75 Å². The average Bonchev–Trinajstić information content (AvgIpc) is 2.91. The zero-order chi connectivity index (χ0) is 18.5. The molecule has 0 saturated carbocycles. The van der Waals surface area contributed by atoms with E-state index in [1.54, 1.807) is 24.3 Å². The van der Waals surface area contributed by atoms with Crippen LogP contribution in [0.4, 0.5) is 5.69 Å². The highest BCUT2D eigenvalue weighted by atomic mass is 16.5. The van der Waals surface area contributed by atoms with Crippen molar-refractivity contribution >= 4 is 23.5 Å². The van der Waals surface area contributed by atoms with Crippen molar-refractivity contribution in [1.29, 1.82) is 0 Å². The van der Waals surface area contributed by atoms with Gasteiger partial charge in [-0.05, 0) is 43.5 Å². The van der Waals surface area contributed by atoms with E-state index in [0.29, 0.717) is 30.7 Å². The summed E-state index contributed by atoms with van der Waals surface area (Å²) in [6.07, 6.45) is 9.71. The summed E-state index contributed by atoms with van der Waals surface area (Å²) < 4.78 is 5.32. The molecule has 2 amide bonds. The molecule has 1 fully saturated rings. The largest absolute Gasteiger partial charge is 0.427 e. The molecule has 1 aliphatic heterocycles. The second kappa shape index (κ2) is 8.30. The number of anilines is 1. The van der Waals surface area contributed by atoms with E-state index in [1.807, 2.05) is 12.2 Å². The van der Waals surface area contributed by atoms with Crippen molar-refractivity contribution in [3.63, 3.8) is 0 Å². The minimum atomic E-state index is -0.251. The van der Waals surface area contributed by atoms with Crippen LogP contribution in [0.1, 0.15) is 51.9 Å². The van der Waals surface area contributed by atoms with Gasteiger partial charge in [-0.25, -0.2) is 0 Å². The molecule has 0 radical (unpaired) electrons. The third kappa shape index (κ3) is 3.87. The highest BCUT2D eigenvalue weighted by Gasteiger charge is 2.47. The molecule has 3 rings (SSSR count). The molecule has 1 aromatic carbocycles. The molecule has 26 heavy (non-hydrogen) atoms. The summed E-state index contributed by atoms with van der Waals surface area (Å²) in [6.45, 7) is 2.13. The number of esters is 1. The standard InChI is InChI=1S/C21H25NO4/c1-2-3-4-5-10-19(23)26-16-13-11-15(12-14-16)22-20(24)17-8-6-7-9-18(17)21(22)25/h6-7,11-14,17-18H,2-5,8-10H2,1H3. The van der Waals surface area contributed by atoms with E-state index >= 15 is 0 Å². The van der Waals surface area contributed by atoms with Crippen LogP contribution in [0.3, 0.4) is 0 Å². The van der Waals surface area contributed by atoms with Crippen LogP contribution >= 0.6 is 0 Å². The van der Waals surface area contributed by atoms with E-state index in [1.165, 1.54) is 4.90 Å². The number of imide groups is 1. The van der Waals surface area contributed by atoms with Crippen LogP contribution < -0.4 is 9.64 Å². The zero-order valence-corrected chi connectivity index (χ0v) is 15.1. The second-order valence-corrected chi connectivity index (χ2v) is 6.95. The van der Waals surface area contributed by atoms with Crippen LogP contribution in [0.2, 0.25) is 0 Å². The highest BCUT2D eigenvalue weighted by molar-refractivity contribution is 6.22.